The van der Waals surface area contributed by atoms with Gasteiger partial charge in [-0.1, -0.05) is 47.6 Å². The molecular formula is C25H33NO3. The molecule has 0 radical (unpaired) electrons. The molecule has 0 fully saturated rings. The Morgan fingerprint density at radius 2 is 1.34 bits per heavy atom. The molecule has 0 saturated heterocycles. The minimum atomic E-state index is -0.415. The molecule has 0 aromatic heterocycles. The monoisotopic (exact) mass is 395 g/mol. The summed E-state index contributed by atoms with van der Waals surface area (Å²) >= 11 is 0. The van der Waals surface area contributed by atoms with Crippen molar-refractivity contribution in [1.29, 1.82) is 0 Å². The van der Waals surface area contributed by atoms with E-state index >= 15 is 0 Å². The van der Waals surface area contributed by atoms with Crippen molar-refractivity contribution in [1.82, 2.24) is 0 Å². The van der Waals surface area contributed by atoms with Crippen molar-refractivity contribution in [3.63, 3.8) is 0 Å². The second-order valence-corrected chi connectivity index (χ2v) is 8.55. The third-order valence-corrected chi connectivity index (χ3v) is 5.68. The van der Waals surface area contributed by atoms with Crippen molar-refractivity contribution in [3.8, 4) is 0 Å². The second kappa shape index (κ2) is 8.81. The largest absolute Gasteiger partial charge is 0.465 e. The Kier molecular flexibility index (Phi) is 6.89. The Balaban J connectivity index is 0.00000145. The fourth-order valence-electron chi connectivity index (χ4n) is 3.75. The van der Waals surface area contributed by atoms with E-state index < -0.39 is 5.97 Å². The zero-order valence-electron chi connectivity index (χ0n) is 18.7. The summed E-state index contributed by atoms with van der Waals surface area (Å²) in [6.07, 6.45) is 2.28. The molecule has 0 atom stereocenters. The average molecular weight is 396 g/mol. The van der Waals surface area contributed by atoms with E-state index in [4.69, 9.17) is 0 Å². The molecule has 29 heavy (non-hydrogen) atoms. The lowest BCUT2D eigenvalue weighted by Gasteiger charge is -2.42. The summed E-state index contributed by atoms with van der Waals surface area (Å²) in [5.74, 6) is -0.610. The number of carbonyl (C=O) groups is 2. The van der Waals surface area contributed by atoms with Gasteiger partial charge in [-0.25, -0.2) is 4.79 Å². The van der Waals surface area contributed by atoms with E-state index in [9.17, 15) is 9.59 Å². The predicted molar refractivity (Wildman–Crippen MR) is 119 cm³/mol. The highest BCUT2D eigenvalue weighted by molar-refractivity contribution is 6.04. The highest BCUT2D eigenvalue weighted by atomic mass is 16.5. The van der Waals surface area contributed by atoms with Gasteiger partial charge in [-0.15, -0.1) is 0 Å². The first-order valence-corrected chi connectivity index (χ1v) is 10.3. The molecule has 3 rings (SSSR count). The van der Waals surface area contributed by atoms with Crippen molar-refractivity contribution >= 4 is 17.6 Å². The summed E-state index contributed by atoms with van der Waals surface area (Å²) in [5.41, 5.74) is 4.62. The number of hydrogen-bond donors (Lipinski definition) is 1. The number of amides is 1. The van der Waals surface area contributed by atoms with Crippen LogP contribution in [0.15, 0.2) is 42.5 Å². The predicted octanol–water partition coefficient (Wildman–Crippen LogP) is 6.10. The molecule has 4 nitrogen and oxygen atoms in total. The fourth-order valence-corrected chi connectivity index (χ4v) is 3.75. The summed E-state index contributed by atoms with van der Waals surface area (Å²) in [6.45, 7) is 13.1. The maximum absolute atomic E-state index is 12.6. The number of fused-ring (bicyclic) bond motifs is 1. The minimum absolute atomic E-state index is 0.0910. The Bertz CT molecular complexity index is 879. The molecule has 2 aromatic carbocycles. The first-order chi connectivity index (χ1) is 13.6. The third-order valence-electron chi connectivity index (χ3n) is 5.68. The number of methoxy groups -OCH3 is 1. The molecule has 1 N–H and O–H groups in total. The number of rotatable bonds is 3. The molecule has 4 heteroatoms. The van der Waals surface area contributed by atoms with Crippen LogP contribution in [0.3, 0.4) is 0 Å². The maximum atomic E-state index is 12.6. The third kappa shape index (κ3) is 4.87. The normalized spacial score (nSPS) is 16.0. The molecule has 0 unspecified atom stereocenters. The van der Waals surface area contributed by atoms with Crippen LogP contribution in [0, 0.1) is 0 Å². The molecule has 0 bridgehead atoms. The number of esters is 1. The summed E-state index contributed by atoms with van der Waals surface area (Å²) in [4.78, 5) is 24.1. The molecular weight excluding hydrogens is 362 g/mol. The van der Waals surface area contributed by atoms with Gasteiger partial charge in [0.05, 0.1) is 12.7 Å². The minimum Gasteiger partial charge on any atom is -0.465 e. The molecule has 0 aliphatic heterocycles. The van der Waals surface area contributed by atoms with E-state index in [1.54, 1.807) is 24.3 Å². The highest BCUT2D eigenvalue weighted by Crippen LogP contribution is 2.46. The van der Waals surface area contributed by atoms with Crippen LogP contribution in [0.5, 0.6) is 0 Å². The number of benzene rings is 2. The first-order valence-electron chi connectivity index (χ1n) is 10.3. The summed E-state index contributed by atoms with van der Waals surface area (Å²) in [7, 11) is 1.34. The van der Waals surface area contributed by atoms with Crippen LogP contribution in [0.1, 0.15) is 86.2 Å². The zero-order valence-corrected chi connectivity index (χ0v) is 18.7. The molecule has 1 aliphatic carbocycles. The molecule has 1 aliphatic rings. The number of anilines is 1. The van der Waals surface area contributed by atoms with E-state index in [0.717, 1.165) is 18.5 Å². The van der Waals surface area contributed by atoms with Gasteiger partial charge in [-0.05, 0) is 71.2 Å². The van der Waals surface area contributed by atoms with Crippen molar-refractivity contribution in [2.45, 2.75) is 65.2 Å². The van der Waals surface area contributed by atoms with Gasteiger partial charge in [0.15, 0.2) is 0 Å². The number of nitrogens with one attached hydrogen (secondary N) is 1. The molecule has 156 valence electrons. The van der Waals surface area contributed by atoms with Gasteiger partial charge in [0.1, 0.15) is 0 Å². The number of hydrogen-bond acceptors (Lipinski definition) is 3. The van der Waals surface area contributed by atoms with Gasteiger partial charge in [0.2, 0.25) is 0 Å². The van der Waals surface area contributed by atoms with E-state index in [1.165, 1.54) is 18.2 Å². The van der Waals surface area contributed by atoms with Crippen LogP contribution in [0.2, 0.25) is 0 Å². The first kappa shape index (κ1) is 22.7. The molecule has 0 spiro atoms. The molecule has 2 aromatic rings. The maximum Gasteiger partial charge on any atom is 0.337 e. The van der Waals surface area contributed by atoms with Crippen LogP contribution in [0.25, 0.3) is 0 Å². The molecule has 0 saturated carbocycles. The van der Waals surface area contributed by atoms with Crippen molar-refractivity contribution in [2.24, 2.45) is 0 Å². The van der Waals surface area contributed by atoms with Crippen LogP contribution < -0.4 is 5.32 Å². The standard InChI is InChI=1S/C23H27NO3.C2H6/c1-22(2)12-13-23(3,4)19-14-17(10-11-18(19)22)24-20(25)15-6-8-16(9-7-15)21(26)27-5;1-2/h6-11,14H,12-13H2,1-5H3,(H,24,25);1-2H3. The Labute approximate surface area is 174 Å². The highest BCUT2D eigenvalue weighted by Gasteiger charge is 2.37. The van der Waals surface area contributed by atoms with Crippen LogP contribution >= 0.6 is 0 Å². The van der Waals surface area contributed by atoms with Gasteiger partial charge in [0, 0.05) is 11.3 Å². The van der Waals surface area contributed by atoms with Gasteiger partial charge in [-0.3, -0.25) is 4.79 Å². The van der Waals surface area contributed by atoms with E-state index in [2.05, 4.69) is 49.9 Å². The topological polar surface area (TPSA) is 55.4 Å². The van der Waals surface area contributed by atoms with Crippen LogP contribution in [-0.2, 0) is 15.6 Å². The molecule has 0 heterocycles. The van der Waals surface area contributed by atoms with Gasteiger partial charge in [0.25, 0.3) is 5.91 Å². The van der Waals surface area contributed by atoms with Crippen molar-refractivity contribution in [3.05, 3.63) is 64.7 Å². The van der Waals surface area contributed by atoms with E-state index in [0.29, 0.717) is 11.1 Å². The lowest BCUT2D eigenvalue weighted by molar-refractivity contribution is 0.0600. The summed E-state index contributed by atoms with van der Waals surface area (Å²) in [6, 6.07) is 12.7. The summed E-state index contributed by atoms with van der Waals surface area (Å²) in [5, 5.41) is 2.98. The Morgan fingerprint density at radius 3 is 1.90 bits per heavy atom. The quantitative estimate of drug-likeness (QED) is 0.639. The number of ether oxygens (including phenoxy) is 1. The van der Waals surface area contributed by atoms with Crippen LogP contribution in [-0.4, -0.2) is 19.0 Å². The second-order valence-electron chi connectivity index (χ2n) is 8.55. The van der Waals surface area contributed by atoms with Gasteiger partial charge >= 0.3 is 5.97 Å². The van der Waals surface area contributed by atoms with Gasteiger partial charge < -0.3 is 10.1 Å². The average Bonchev–Trinajstić information content (AvgIpc) is 2.72. The lowest BCUT2D eigenvalue weighted by atomic mass is 9.63. The number of carbonyl (C=O) groups excluding carboxylic acids is 2. The Morgan fingerprint density at radius 1 is 0.828 bits per heavy atom. The van der Waals surface area contributed by atoms with E-state index in [-0.39, 0.29) is 16.7 Å². The SMILES string of the molecule is CC.COC(=O)c1ccc(C(=O)Nc2ccc3c(c2)C(C)(C)CCC3(C)C)cc1. The smallest absolute Gasteiger partial charge is 0.337 e. The van der Waals surface area contributed by atoms with Gasteiger partial charge in [-0.2, -0.15) is 0 Å². The zero-order chi connectivity index (χ0) is 21.8. The van der Waals surface area contributed by atoms with Crippen LogP contribution in [0.4, 0.5) is 5.69 Å². The van der Waals surface area contributed by atoms with Crippen molar-refractivity contribution in [2.75, 3.05) is 12.4 Å². The summed E-state index contributed by atoms with van der Waals surface area (Å²) < 4.78 is 4.68. The fraction of sp³-hybridized carbons (Fsp3) is 0.440. The lowest BCUT2D eigenvalue weighted by Crippen LogP contribution is -2.33. The van der Waals surface area contributed by atoms with Crippen molar-refractivity contribution < 1.29 is 14.3 Å². The Hall–Kier alpha value is -2.62. The molecule has 1 amide bonds. The van der Waals surface area contributed by atoms with E-state index in [1.807, 2.05) is 19.9 Å².